The second-order valence-corrected chi connectivity index (χ2v) is 4.56. The van der Waals surface area contributed by atoms with E-state index < -0.39 is 0 Å². The van der Waals surface area contributed by atoms with Gasteiger partial charge in [-0.1, -0.05) is 42.7 Å². The predicted molar refractivity (Wildman–Crippen MR) is 67.6 cm³/mol. The normalized spacial score (nSPS) is 18.5. The summed E-state index contributed by atoms with van der Waals surface area (Å²) in [6.07, 6.45) is 5.22. The van der Waals surface area contributed by atoms with E-state index in [4.69, 9.17) is 5.73 Å². The summed E-state index contributed by atoms with van der Waals surface area (Å²) in [5.74, 6) is 0. The Labute approximate surface area is 98.5 Å². The van der Waals surface area contributed by atoms with Crippen molar-refractivity contribution in [3.8, 4) is 0 Å². The molecule has 84 valence electrons. The van der Waals surface area contributed by atoms with Crippen LogP contribution in [-0.4, -0.2) is 6.54 Å². The number of halogens is 1. The minimum absolute atomic E-state index is 0. The van der Waals surface area contributed by atoms with Crippen LogP contribution >= 0.6 is 12.4 Å². The molecule has 0 atom stereocenters. The summed E-state index contributed by atoms with van der Waals surface area (Å²) >= 11 is 0. The number of hydrogen-bond acceptors (Lipinski definition) is 1. The lowest BCUT2D eigenvalue weighted by atomic mass is 9.79. The van der Waals surface area contributed by atoms with Gasteiger partial charge in [-0.2, -0.15) is 0 Å². The standard InChI is InChI=1S/C13H19N.ClH/c1-11-4-6-12(7-5-11)13(10-14)8-2-3-9-13;/h4-7H,2-3,8-10,14H2,1H3;1H. The summed E-state index contributed by atoms with van der Waals surface area (Å²) in [6, 6.07) is 8.91. The quantitative estimate of drug-likeness (QED) is 0.822. The Balaban J connectivity index is 0.00000112. The van der Waals surface area contributed by atoms with E-state index in [1.54, 1.807) is 0 Å². The first-order valence-electron chi connectivity index (χ1n) is 5.54. The van der Waals surface area contributed by atoms with E-state index in [-0.39, 0.29) is 12.4 Å². The van der Waals surface area contributed by atoms with Crippen LogP contribution in [0.1, 0.15) is 36.8 Å². The molecule has 0 unspecified atom stereocenters. The molecule has 0 spiro atoms. The molecule has 1 aliphatic rings. The summed E-state index contributed by atoms with van der Waals surface area (Å²) in [5.41, 5.74) is 9.02. The van der Waals surface area contributed by atoms with Crippen LogP contribution < -0.4 is 5.73 Å². The molecular formula is C13H20ClN. The molecule has 0 aromatic heterocycles. The largest absolute Gasteiger partial charge is 0.330 e. The van der Waals surface area contributed by atoms with Crippen LogP contribution in [0.2, 0.25) is 0 Å². The summed E-state index contributed by atoms with van der Waals surface area (Å²) in [4.78, 5) is 0. The van der Waals surface area contributed by atoms with E-state index in [0.29, 0.717) is 5.41 Å². The van der Waals surface area contributed by atoms with Gasteiger partial charge < -0.3 is 5.73 Å². The Kier molecular flexibility index (Phi) is 4.18. The minimum atomic E-state index is 0. The Morgan fingerprint density at radius 2 is 1.67 bits per heavy atom. The fourth-order valence-electron chi connectivity index (χ4n) is 2.57. The molecule has 2 heteroatoms. The smallest absolute Gasteiger partial charge is 0.00755 e. The second kappa shape index (κ2) is 5.00. The van der Waals surface area contributed by atoms with Gasteiger partial charge in [0, 0.05) is 12.0 Å². The van der Waals surface area contributed by atoms with Crippen LogP contribution in [0, 0.1) is 6.92 Å². The van der Waals surface area contributed by atoms with Gasteiger partial charge in [-0.05, 0) is 25.3 Å². The lowest BCUT2D eigenvalue weighted by Gasteiger charge is -2.27. The maximum atomic E-state index is 5.94. The molecule has 0 aliphatic heterocycles. The van der Waals surface area contributed by atoms with Gasteiger partial charge in [0.2, 0.25) is 0 Å². The van der Waals surface area contributed by atoms with Crippen molar-refractivity contribution in [2.24, 2.45) is 5.73 Å². The van der Waals surface area contributed by atoms with Crippen LogP contribution in [0.3, 0.4) is 0 Å². The molecule has 2 N–H and O–H groups in total. The maximum Gasteiger partial charge on any atom is 0.00755 e. The summed E-state index contributed by atoms with van der Waals surface area (Å²) in [7, 11) is 0. The van der Waals surface area contributed by atoms with E-state index >= 15 is 0 Å². The van der Waals surface area contributed by atoms with E-state index in [0.717, 1.165) is 6.54 Å². The first-order chi connectivity index (χ1) is 6.77. The van der Waals surface area contributed by atoms with Crippen molar-refractivity contribution >= 4 is 12.4 Å². The highest BCUT2D eigenvalue weighted by atomic mass is 35.5. The van der Waals surface area contributed by atoms with E-state index in [1.165, 1.54) is 36.8 Å². The highest BCUT2D eigenvalue weighted by Crippen LogP contribution is 2.40. The number of aryl methyl sites for hydroxylation is 1. The molecule has 1 aromatic rings. The van der Waals surface area contributed by atoms with Crippen LogP contribution in [0.25, 0.3) is 0 Å². The van der Waals surface area contributed by atoms with Crippen molar-refractivity contribution in [2.45, 2.75) is 38.0 Å². The predicted octanol–water partition coefficient (Wildman–Crippen LogP) is 3.19. The molecule has 1 saturated carbocycles. The average molecular weight is 226 g/mol. The first kappa shape index (κ1) is 12.5. The maximum absolute atomic E-state index is 5.94. The highest BCUT2D eigenvalue weighted by molar-refractivity contribution is 5.85. The van der Waals surface area contributed by atoms with Crippen molar-refractivity contribution in [1.82, 2.24) is 0 Å². The lowest BCUT2D eigenvalue weighted by molar-refractivity contribution is 0.453. The molecule has 1 aliphatic carbocycles. The third-order valence-electron chi connectivity index (χ3n) is 3.62. The zero-order valence-electron chi connectivity index (χ0n) is 9.33. The zero-order valence-corrected chi connectivity index (χ0v) is 10.1. The molecule has 0 amide bonds. The Hall–Kier alpha value is -0.530. The molecule has 1 fully saturated rings. The molecular weight excluding hydrogens is 206 g/mol. The monoisotopic (exact) mass is 225 g/mol. The number of hydrogen-bond donors (Lipinski definition) is 1. The third-order valence-corrected chi connectivity index (χ3v) is 3.62. The minimum Gasteiger partial charge on any atom is -0.330 e. The molecule has 0 saturated heterocycles. The third kappa shape index (κ3) is 2.35. The van der Waals surface area contributed by atoms with Crippen molar-refractivity contribution in [3.05, 3.63) is 35.4 Å². The molecule has 0 radical (unpaired) electrons. The summed E-state index contributed by atoms with van der Waals surface area (Å²) in [6.45, 7) is 2.93. The van der Waals surface area contributed by atoms with E-state index in [9.17, 15) is 0 Å². The lowest BCUT2D eigenvalue weighted by Crippen LogP contribution is -2.31. The van der Waals surface area contributed by atoms with Crippen molar-refractivity contribution in [2.75, 3.05) is 6.54 Å². The Morgan fingerprint density at radius 1 is 1.13 bits per heavy atom. The number of rotatable bonds is 2. The van der Waals surface area contributed by atoms with Gasteiger partial charge in [-0.25, -0.2) is 0 Å². The van der Waals surface area contributed by atoms with Gasteiger partial charge >= 0.3 is 0 Å². The van der Waals surface area contributed by atoms with Gasteiger partial charge in [0.1, 0.15) is 0 Å². The van der Waals surface area contributed by atoms with Crippen LogP contribution in [0.4, 0.5) is 0 Å². The highest BCUT2D eigenvalue weighted by Gasteiger charge is 2.33. The molecule has 15 heavy (non-hydrogen) atoms. The van der Waals surface area contributed by atoms with Gasteiger partial charge in [0.15, 0.2) is 0 Å². The average Bonchev–Trinajstić information content (AvgIpc) is 2.68. The second-order valence-electron chi connectivity index (χ2n) is 4.56. The molecule has 2 rings (SSSR count). The number of benzene rings is 1. The van der Waals surface area contributed by atoms with Crippen LogP contribution in [0.15, 0.2) is 24.3 Å². The van der Waals surface area contributed by atoms with Crippen LogP contribution in [0.5, 0.6) is 0 Å². The topological polar surface area (TPSA) is 26.0 Å². The molecule has 1 aromatic carbocycles. The Bertz CT molecular complexity index is 299. The van der Waals surface area contributed by atoms with Gasteiger partial charge in [-0.3, -0.25) is 0 Å². The van der Waals surface area contributed by atoms with Crippen molar-refractivity contribution in [1.29, 1.82) is 0 Å². The molecule has 0 bridgehead atoms. The first-order valence-corrected chi connectivity index (χ1v) is 5.54. The molecule has 0 heterocycles. The number of nitrogens with two attached hydrogens (primary N) is 1. The van der Waals surface area contributed by atoms with Gasteiger partial charge in [0.05, 0.1) is 0 Å². The fourth-order valence-corrected chi connectivity index (χ4v) is 2.57. The van der Waals surface area contributed by atoms with Crippen molar-refractivity contribution in [3.63, 3.8) is 0 Å². The Morgan fingerprint density at radius 3 is 2.13 bits per heavy atom. The van der Waals surface area contributed by atoms with Crippen molar-refractivity contribution < 1.29 is 0 Å². The van der Waals surface area contributed by atoms with E-state index in [2.05, 4.69) is 31.2 Å². The van der Waals surface area contributed by atoms with Gasteiger partial charge in [-0.15, -0.1) is 12.4 Å². The zero-order chi connectivity index (χ0) is 10.0. The molecule has 1 nitrogen and oxygen atoms in total. The van der Waals surface area contributed by atoms with Gasteiger partial charge in [0.25, 0.3) is 0 Å². The summed E-state index contributed by atoms with van der Waals surface area (Å²) in [5, 5.41) is 0. The van der Waals surface area contributed by atoms with Crippen LogP contribution in [-0.2, 0) is 5.41 Å². The SMILES string of the molecule is Cc1ccc(C2(CN)CCCC2)cc1.Cl. The fraction of sp³-hybridized carbons (Fsp3) is 0.538. The van der Waals surface area contributed by atoms with E-state index in [1.807, 2.05) is 0 Å². The summed E-state index contributed by atoms with van der Waals surface area (Å²) < 4.78 is 0.